The van der Waals surface area contributed by atoms with Crippen LogP contribution in [0.5, 0.6) is 0 Å². The highest BCUT2D eigenvalue weighted by molar-refractivity contribution is 8.26. The zero-order valence-electron chi connectivity index (χ0n) is 14.1. The second kappa shape index (κ2) is 7.98. The third-order valence-corrected chi connectivity index (χ3v) is 5.24. The molecule has 0 atom stereocenters. The van der Waals surface area contributed by atoms with E-state index in [0.717, 1.165) is 0 Å². The first-order valence-electron chi connectivity index (χ1n) is 8.18. The molecule has 9 heteroatoms. The molecule has 2 aromatic heterocycles. The fraction of sp³-hybridized carbons (Fsp3) is 0.294. The molecule has 0 unspecified atom stereocenters. The van der Waals surface area contributed by atoms with Crippen molar-refractivity contribution in [3.8, 4) is 0 Å². The van der Waals surface area contributed by atoms with Crippen molar-refractivity contribution in [1.29, 1.82) is 0 Å². The summed E-state index contributed by atoms with van der Waals surface area (Å²) in [5.41, 5.74) is 0.523. The molecule has 0 aromatic carbocycles. The first-order chi connectivity index (χ1) is 12.6. The maximum Gasteiger partial charge on any atom is 0.267 e. The number of hydrogen-bond donors (Lipinski definition) is 2. The Hall–Kier alpha value is -2.23. The molecule has 2 N–H and O–H groups in total. The van der Waals surface area contributed by atoms with E-state index in [9.17, 15) is 9.59 Å². The van der Waals surface area contributed by atoms with Crippen LogP contribution in [-0.2, 0) is 4.79 Å². The lowest BCUT2D eigenvalue weighted by Gasteiger charge is -2.11. The Morgan fingerprint density at radius 2 is 2.19 bits per heavy atom. The first-order valence-corrected chi connectivity index (χ1v) is 9.40. The summed E-state index contributed by atoms with van der Waals surface area (Å²) in [6.07, 6.45) is 3.70. The summed E-state index contributed by atoms with van der Waals surface area (Å²) in [5.74, 6) is 0.179. The number of rotatable bonds is 6. The molecule has 2 aromatic rings. The number of aliphatic hydroxyl groups excluding tert-OH is 1. The quantitative estimate of drug-likeness (QED) is 0.441. The van der Waals surface area contributed by atoms with Gasteiger partial charge in [-0.2, -0.15) is 0 Å². The van der Waals surface area contributed by atoms with Crippen molar-refractivity contribution in [1.82, 2.24) is 14.3 Å². The van der Waals surface area contributed by atoms with Gasteiger partial charge < -0.3 is 10.4 Å². The van der Waals surface area contributed by atoms with E-state index in [-0.39, 0.29) is 18.1 Å². The van der Waals surface area contributed by atoms with Crippen molar-refractivity contribution in [2.45, 2.75) is 13.3 Å². The minimum absolute atomic E-state index is 0.0318. The SMILES string of the molecule is CCN1C(=O)/C(=C/c2c(NCCCO)nc3ccccn3c2=O)SC1=S. The van der Waals surface area contributed by atoms with Crippen LogP contribution in [0.1, 0.15) is 18.9 Å². The molecule has 136 valence electrons. The molecule has 1 aliphatic heterocycles. The summed E-state index contributed by atoms with van der Waals surface area (Å²) < 4.78 is 1.91. The van der Waals surface area contributed by atoms with Crippen LogP contribution in [0.3, 0.4) is 0 Å². The number of thioether (sulfide) groups is 1. The normalized spacial score (nSPS) is 16.1. The molecule has 1 fully saturated rings. The van der Waals surface area contributed by atoms with Gasteiger partial charge in [0, 0.05) is 25.9 Å². The predicted molar refractivity (Wildman–Crippen MR) is 107 cm³/mol. The predicted octanol–water partition coefficient (Wildman–Crippen LogP) is 1.71. The van der Waals surface area contributed by atoms with Crippen molar-refractivity contribution in [3.05, 3.63) is 45.2 Å². The number of fused-ring (bicyclic) bond motifs is 1. The summed E-state index contributed by atoms with van der Waals surface area (Å²) in [5, 5.41) is 12.1. The number of carbonyl (C=O) groups is 1. The van der Waals surface area contributed by atoms with E-state index < -0.39 is 0 Å². The van der Waals surface area contributed by atoms with Crippen LogP contribution < -0.4 is 10.9 Å². The van der Waals surface area contributed by atoms with Crippen LogP contribution in [0.4, 0.5) is 5.82 Å². The van der Waals surface area contributed by atoms with E-state index in [0.29, 0.717) is 45.8 Å². The molecule has 3 heterocycles. The van der Waals surface area contributed by atoms with E-state index >= 15 is 0 Å². The molecule has 0 saturated carbocycles. The lowest BCUT2D eigenvalue weighted by atomic mass is 10.2. The lowest BCUT2D eigenvalue weighted by Crippen LogP contribution is -2.27. The minimum atomic E-state index is -0.274. The lowest BCUT2D eigenvalue weighted by molar-refractivity contribution is -0.121. The summed E-state index contributed by atoms with van der Waals surface area (Å²) in [7, 11) is 0. The minimum Gasteiger partial charge on any atom is -0.396 e. The summed E-state index contributed by atoms with van der Waals surface area (Å²) in [6, 6.07) is 5.28. The van der Waals surface area contributed by atoms with Crippen molar-refractivity contribution >= 4 is 51.7 Å². The third kappa shape index (κ3) is 3.50. The van der Waals surface area contributed by atoms with Gasteiger partial charge in [0.25, 0.3) is 11.5 Å². The Morgan fingerprint density at radius 3 is 2.88 bits per heavy atom. The maximum atomic E-state index is 12.9. The molecular weight excluding hydrogens is 372 g/mol. The van der Waals surface area contributed by atoms with Gasteiger partial charge in [0.15, 0.2) is 0 Å². The van der Waals surface area contributed by atoms with Crippen LogP contribution in [0, 0.1) is 0 Å². The molecule has 1 amide bonds. The van der Waals surface area contributed by atoms with Gasteiger partial charge in [-0.05, 0) is 31.6 Å². The summed E-state index contributed by atoms with van der Waals surface area (Å²) in [4.78, 5) is 31.8. The van der Waals surface area contributed by atoms with Gasteiger partial charge in [0.2, 0.25) is 0 Å². The Labute approximate surface area is 159 Å². The molecular formula is C17H18N4O3S2. The summed E-state index contributed by atoms with van der Waals surface area (Å²) >= 11 is 6.40. The highest BCUT2D eigenvalue weighted by Crippen LogP contribution is 2.32. The van der Waals surface area contributed by atoms with Crippen molar-refractivity contribution < 1.29 is 9.90 Å². The number of nitrogens with one attached hydrogen (secondary N) is 1. The molecule has 0 spiro atoms. The second-order valence-electron chi connectivity index (χ2n) is 5.54. The highest BCUT2D eigenvalue weighted by Gasteiger charge is 2.31. The standard InChI is InChI=1S/C17H18N4O3S2/c1-2-20-16(24)12(26-17(20)25)10-11-14(18-7-5-9-22)19-13-6-3-4-8-21(13)15(11)23/h3-4,6,8,10,18,22H,2,5,7,9H2,1H3/b12-10-. The van der Waals surface area contributed by atoms with Gasteiger partial charge in [0.05, 0.1) is 10.5 Å². The molecule has 26 heavy (non-hydrogen) atoms. The number of thiocarbonyl (C=S) groups is 1. The number of likely N-dealkylation sites (N-methyl/N-ethyl adjacent to an activating group) is 1. The number of aromatic nitrogens is 2. The average molecular weight is 390 g/mol. The van der Waals surface area contributed by atoms with E-state index in [1.54, 1.807) is 30.5 Å². The number of aliphatic hydroxyl groups is 1. The Balaban J connectivity index is 2.11. The monoisotopic (exact) mass is 390 g/mol. The molecule has 3 rings (SSSR count). The largest absolute Gasteiger partial charge is 0.396 e. The van der Waals surface area contributed by atoms with Gasteiger partial charge in [-0.3, -0.25) is 18.9 Å². The highest BCUT2D eigenvalue weighted by atomic mass is 32.2. The molecule has 1 saturated heterocycles. The maximum absolute atomic E-state index is 12.9. The molecule has 1 aliphatic rings. The second-order valence-corrected chi connectivity index (χ2v) is 7.21. The fourth-order valence-corrected chi connectivity index (χ4v) is 3.92. The zero-order valence-corrected chi connectivity index (χ0v) is 15.8. The van der Waals surface area contributed by atoms with E-state index in [2.05, 4.69) is 10.3 Å². The number of anilines is 1. The molecule has 0 aliphatic carbocycles. The van der Waals surface area contributed by atoms with Crippen molar-refractivity contribution in [2.75, 3.05) is 25.0 Å². The Bertz CT molecular complexity index is 955. The van der Waals surface area contributed by atoms with E-state index in [1.165, 1.54) is 21.1 Å². The summed E-state index contributed by atoms with van der Waals surface area (Å²) in [6.45, 7) is 2.83. The average Bonchev–Trinajstić information content (AvgIpc) is 2.91. The Morgan fingerprint density at radius 1 is 1.38 bits per heavy atom. The Kier molecular flexibility index (Phi) is 5.70. The zero-order chi connectivity index (χ0) is 18.7. The number of amides is 1. The van der Waals surface area contributed by atoms with Crippen LogP contribution in [0.2, 0.25) is 0 Å². The smallest absolute Gasteiger partial charge is 0.267 e. The topological polar surface area (TPSA) is 86.9 Å². The number of carbonyl (C=O) groups excluding carboxylic acids is 1. The fourth-order valence-electron chi connectivity index (χ4n) is 2.56. The van der Waals surface area contributed by atoms with Crippen LogP contribution in [-0.4, -0.2) is 49.3 Å². The first kappa shape index (κ1) is 18.6. The number of pyridine rings is 1. The van der Waals surface area contributed by atoms with E-state index in [1.807, 2.05) is 6.92 Å². The van der Waals surface area contributed by atoms with Gasteiger partial charge in [-0.1, -0.05) is 30.0 Å². The van der Waals surface area contributed by atoms with Gasteiger partial charge in [-0.15, -0.1) is 0 Å². The third-order valence-electron chi connectivity index (χ3n) is 3.86. The van der Waals surface area contributed by atoms with Crippen LogP contribution in [0.25, 0.3) is 11.7 Å². The van der Waals surface area contributed by atoms with Crippen molar-refractivity contribution in [2.24, 2.45) is 0 Å². The van der Waals surface area contributed by atoms with Crippen LogP contribution in [0.15, 0.2) is 34.1 Å². The van der Waals surface area contributed by atoms with E-state index in [4.69, 9.17) is 17.3 Å². The van der Waals surface area contributed by atoms with Gasteiger partial charge in [-0.25, -0.2) is 4.98 Å². The van der Waals surface area contributed by atoms with Crippen molar-refractivity contribution in [3.63, 3.8) is 0 Å². The molecule has 7 nitrogen and oxygen atoms in total. The molecule has 0 radical (unpaired) electrons. The number of hydrogen-bond acceptors (Lipinski definition) is 7. The molecule has 0 bridgehead atoms. The van der Waals surface area contributed by atoms with Crippen LogP contribution >= 0.6 is 24.0 Å². The number of nitrogens with zero attached hydrogens (tertiary/aromatic N) is 3. The van der Waals surface area contributed by atoms with Gasteiger partial charge >= 0.3 is 0 Å². The van der Waals surface area contributed by atoms with Gasteiger partial charge in [0.1, 0.15) is 15.8 Å².